The summed E-state index contributed by atoms with van der Waals surface area (Å²) in [6.45, 7) is 5.84. The number of amides is 1. The molecule has 2 heterocycles. The Bertz CT molecular complexity index is 821. The number of hydrogen-bond acceptors (Lipinski definition) is 5. The number of fused-ring (bicyclic) bond motifs is 1. The van der Waals surface area contributed by atoms with Crippen molar-refractivity contribution in [2.75, 3.05) is 41.8 Å². The predicted molar refractivity (Wildman–Crippen MR) is 99.1 cm³/mol. The Morgan fingerprint density at radius 1 is 1.29 bits per heavy atom. The van der Waals surface area contributed by atoms with E-state index in [1.54, 1.807) is 0 Å². The SMILES string of the molecule is Cc1sc(NC(=O)CN2CCN(C)c3ccccc32)c(C#N)c1C. The topological polar surface area (TPSA) is 59.4 Å². The monoisotopic (exact) mass is 340 g/mol. The van der Waals surface area contributed by atoms with Crippen LogP contribution in [0.4, 0.5) is 16.4 Å². The Labute approximate surface area is 146 Å². The van der Waals surface area contributed by atoms with E-state index < -0.39 is 0 Å². The Morgan fingerprint density at radius 2 is 2.00 bits per heavy atom. The molecule has 1 N–H and O–H groups in total. The third-order valence-corrected chi connectivity index (χ3v) is 5.55. The van der Waals surface area contributed by atoms with E-state index in [0.717, 1.165) is 34.9 Å². The maximum Gasteiger partial charge on any atom is 0.244 e. The quantitative estimate of drug-likeness (QED) is 0.932. The molecule has 0 unspecified atom stereocenters. The van der Waals surface area contributed by atoms with Crippen molar-refractivity contribution in [1.82, 2.24) is 0 Å². The molecule has 5 nitrogen and oxygen atoms in total. The third-order valence-electron chi connectivity index (χ3n) is 4.42. The van der Waals surface area contributed by atoms with E-state index >= 15 is 0 Å². The fourth-order valence-corrected chi connectivity index (χ4v) is 3.95. The summed E-state index contributed by atoms with van der Waals surface area (Å²) in [6.07, 6.45) is 0. The number of hydrogen-bond donors (Lipinski definition) is 1. The van der Waals surface area contributed by atoms with Crippen LogP contribution in [0.2, 0.25) is 0 Å². The average molecular weight is 340 g/mol. The van der Waals surface area contributed by atoms with Crippen LogP contribution < -0.4 is 15.1 Å². The minimum Gasteiger partial charge on any atom is -0.371 e. The van der Waals surface area contributed by atoms with Crippen molar-refractivity contribution in [3.05, 3.63) is 40.3 Å². The largest absolute Gasteiger partial charge is 0.371 e. The molecule has 1 aromatic carbocycles. The fourth-order valence-electron chi connectivity index (χ4n) is 2.92. The van der Waals surface area contributed by atoms with Crippen LogP contribution in [0.25, 0.3) is 0 Å². The van der Waals surface area contributed by atoms with E-state index in [2.05, 4.69) is 34.3 Å². The van der Waals surface area contributed by atoms with E-state index in [0.29, 0.717) is 10.6 Å². The lowest BCUT2D eigenvalue weighted by molar-refractivity contribution is -0.115. The van der Waals surface area contributed by atoms with Gasteiger partial charge in [0, 0.05) is 25.0 Å². The molecule has 1 aliphatic rings. The number of thiophene rings is 1. The molecule has 3 rings (SSSR count). The molecular formula is C18H20N4OS. The fraction of sp³-hybridized carbons (Fsp3) is 0.333. The van der Waals surface area contributed by atoms with Gasteiger partial charge >= 0.3 is 0 Å². The van der Waals surface area contributed by atoms with Gasteiger partial charge in [-0.1, -0.05) is 12.1 Å². The summed E-state index contributed by atoms with van der Waals surface area (Å²) in [4.78, 5) is 17.8. The van der Waals surface area contributed by atoms with Gasteiger partial charge in [0.25, 0.3) is 0 Å². The van der Waals surface area contributed by atoms with Crippen LogP contribution in [0.5, 0.6) is 0 Å². The lowest BCUT2D eigenvalue weighted by Gasteiger charge is -2.36. The second-order valence-electron chi connectivity index (χ2n) is 5.98. The first-order chi connectivity index (χ1) is 11.5. The Balaban J connectivity index is 1.76. The zero-order valence-corrected chi connectivity index (χ0v) is 14.9. The highest BCUT2D eigenvalue weighted by molar-refractivity contribution is 7.16. The van der Waals surface area contributed by atoms with Crippen LogP contribution >= 0.6 is 11.3 Å². The van der Waals surface area contributed by atoms with Crippen molar-refractivity contribution in [3.8, 4) is 6.07 Å². The summed E-state index contributed by atoms with van der Waals surface area (Å²) >= 11 is 1.46. The molecule has 0 atom stereocenters. The summed E-state index contributed by atoms with van der Waals surface area (Å²) in [7, 11) is 2.06. The van der Waals surface area contributed by atoms with E-state index in [9.17, 15) is 10.1 Å². The third kappa shape index (κ3) is 2.95. The lowest BCUT2D eigenvalue weighted by atomic mass is 10.1. The molecule has 124 valence electrons. The van der Waals surface area contributed by atoms with Gasteiger partial charge in [0.1, 0.15) is 11.1 Å². The molecule has 1 amide bonds. The molecule has 1 aromatic heterocycles. The van der Waals surface area contributed by atoms with Gasteiger partial charge in [-0.15, -0.1) is 11.3 Å². The molecule has 0 saturated carbocycles. The number of nitriles is 1. The van der Waals surface area contributed by atoms with Crippen LogP contribution in [0, 0.1) is 25.2 Å². The highest BCUT2D eigenvalue weighted by atomic mass is 32.1. The summed E-state index contributed by atoms with van der Waals surface area (Å²) < 4.78 is 0. The van der Waals surface area contributed by atoms with Crippen molar-refractivity contribution in [2.24, 2.45) is 0 Å². The minimum absolute atomic E-state index is 0.0906. The van der Waals surface area contributed by atoms with Crippen LogP contribution in [-0.2, 0) is 4.79 Å². The first kappa shape index (κ1) is 16.3. The van der Waals surface area contributed by atoms with Gasteiger partial charge in [-0.05, 0) is 31.5 Å². The molecule has 0 radical (unpaired) electrons. The predicted octanol–water partition coefficient (Wildman–Crippen LogP) is 3.13. The Kier molecular flexibility index (Phi) is 4.45. The summed E-state index contributed by atoms with van der Waals surface area (Å²) in [6, 6.07) is 10.3. The maximum absolute atomic E-state index is 12.5. The molecule has 1 aliphatic heterocycles. The molecule has 0 saturated heterocycles. The van der Waals surface area contributed by atoms with Crippen LogP contribution in [0.3, 0.4) is 0 Å². The Hall–Kier alpha value is -2.52. The molecule has 0 aliphatic carbocycles. The van der Waals surface area contributed by atoms with Crippen molar-refractivity contribution in [2.45, 2.75) is 13.8 Å². The number of anilines is 3. The number of nitrogens with zero attached hydrogens (tertiary/aromatic N) is 3. The van der Waals surface area contributed by atoms with E-state index in [4.69, 9.17) is 0 Å². The second kappa shape index (κ2) is 6.54. The van der Waals surface area contributed by atoms with Crippen molar-refractivity contribution in [1.29, 1.82) is 5.26 Å². The smallest absolute Gasteiger partial charge is 0.244 e. The Morgan fingerprint density at radius 3 is 2.71 bits per heavy atom. The number of likely N-dealkylation sites (N-methyl/N-ethyl adjacent to an activating group) is 1. The standard InChI is InChI=1S/C18H20N4OS/c1-12-13(2)24-18(14(12)10-19)20-17(23)11-22-9-8-21(3)15-6-4-5-7-16(15)22/h4-7H,8-9,11H2,1-3H3,(H,20,23). The summed E-state index contributed by atoms with van der Waals surface area (Å²) in [5.41, 5.74) is 3.73. The van der Waals surface area contributed by atoms with Crippen LogP contribution in [-0.4, -0.2) is 32.6 Å². The van der Waals surface area contributed by atoms with Gasteiger partial charge in [0.15, 0.2) is 0 Å². The average Bonchev–Trinajstić information content (AvgIpc) is 2.84. The van der Waals surface area contributed by atoms with Crippen LogP contribution in [0.15, 0.2) is 24.3 Å². The van der Waals surface area contributed by atoms with Crippen LogP contribution in [0.1, 0.15) is 16.0 Å². The van der Waals surface area contributed by atoms with Gasteiger partial charge in [-0.25, -0.2) is 0 Å². The van der Waals surface area contributed by atoms with Gasteiger partial charge < -0.3 is 15.1 Å². The number of aryl methyl sites for hydroxylation is 1. The molecular weight excluding hydrogens is 320 g/mol. The zero-order valence-electron chi connectivity index (χ0n) is 14.1. The van der Waals surface area contributed by atoms with Gasteiger partial charge in [-0.2, -0.15) is 5.26 Å². The zero-order chi connectivity index (χ0) is 17.3. The number of carbonyl (C=O) groups is 1. The van der Waals surface area contributed by atoms with E-state index in [1.165, 1.54) is 11.3 Å². The number of benzene rings is 1. The second-order valence-corrected chi connectivity index (χ2v) is 7.20. The normalized spacial score (nSPS) is 13.4. The lowest BCUT2D eigenvalue weighted by Crippen LogP contribution is -2.42. The minimum atomic E-state index is -0.0906. The van der Waals surface area contributed by atoms with E-state index in [-0.39, 0.29) is 12.5 Å². The number of carbonyl (C=O) groups excluding carboxylic acids is 1. The van der Waals surface area contributed by atoms with E-state index in [1.807, 2.05) is 32.0 Å². The molecule has 0 spiro atoms. The number of nitrogens with one attached hydrogen (secondary N) is 1. The number of rotatable bonds is 3. The summed E-state index contributed by atoms with van der Waals surface area (Å²) in [5, 5.41) is 12.9. The van der Waals surface area contributed by atoms with Crippen molar-refractivity contribution < 1.29 is 4.79 Å². The van der Waals surface area contributed by atoms with Crippen molar-refractivity contribution >= 4 is 33.6 Å². The highest BCUT2D eigenvalue weighted by Gasteiger charge is 2.22. The first-order valence-corrected chi connectivity index (χ1v) is 8.68. The number of para-hydroxylation sites is 2. The van der Waals surface area contributed by atoms with Gasteiger partial charge in [0.2, 0.25) is 5.91 Å². The molecule has 24 heavy (non-hydrogen) atoms. The highest BCUT2D eigenvalue weighted by Crippen LogP contribution is 2.33. The molecule has 0 bridgehead atoms. The molecule has 0 fully saturated rings. The van der Waals surface area contributed by atoms with Gasteiger partial charge in [-0.3, -0.25) is 4.79 Å². The van der Waals surface area contributed by atoms with Crippen molar-refractivity contribution in [3.63, 3.8) is 0 Å². The molecule has 2 aromatic rings. The first-order valence-electron chi connectivity index (χ1n) is 7.86. The van der Waals surface area contributed by atoms with Gasteiger partial charge in [0.05, 0.1) is 23.5 Å². The molecule has 6 heteroatoms. The summed E-state index contributed by atoms with van der Waals surface area (Å²) in [5.74, 6) is -0.0906. The maximum atomic E-state index is 12.5.